The minimum atomic E-state index is -0.808. The average Bonchev–Trinajstić information content (AvgIpc) is 3.21. The van der Waals surface area contributed by atoms with Crippen LogP contribution in [0.4, 0.5) is 0 Å². The van der Waals surface area contributed by atoms with Crippen LogP contribution in [0.3, 0.4) is 0 Å². The molecule has 2 aromatic carbocycles. The van der Waals surface area contributed by atoms with Crippen molar-refractivity contribution in [2.75, 3.05) is 6.54 Å². The van der Waals surface area contributed by atoms with Crippen molar-refractivity contribution in [1.29, 1.82) is 0 Å². The molecule has 148 valence electrons. The normalized spacial score (nSPS) is 14.2. The summed E-state index contributed by atoms with van der Waals surface area (Å²) < 4.78 is 7.12. The maximum Gasteiger partial charge on any atom is 0.311 e. The average molecular weight is 389 g/mol. The van der Waals surface area contributed by atoms with Crippen molar-refractivity contribution < 1.29 is 14.3 Å². The molecule has 6 nitrogen and oxygen atoms in total. The van der Waals surface area contributed by atoms with E-state index in [9.17, 15) is 9.59 Å². The molecule has 2 heterocycles. The molecule has 4 rings (SSSR count). The Morgan fingerprint density at radius 3 is 2.59 bits per heavy atom. The summed E-state index contributed by atoms with van der Waals surface area (Å²) in [5.74, 6) is -0.594. The second-order valence-corrected chi connectivity index (χ2v) is 7.22. The monoisotopic (exact) mass is 389 g/mol. The number of hydrogen-bond donors (Lipinski definition) is 0. The van der Waals surface area contributed by atoms with E-state index in [1.165, 1.54) is 5.56 Å². The molecule has 0 radical (unpaired) electrons. The molecule has 0 saturated carbocycles. The zero-order valence-corrected chi connectivity index (χ0v) is 16.3. The first-order chi connectivity index (χ1) is 14.1. The standard InChI is InChI=1S/C23H23N3O3/c1-17(23(28)25-12-11-19-7-5-6-8-20(19)16-25)29-22(27)13-18-14-24-26(15-18)21-9-3-2-4-10-21/h2-10,14-15,17H,11-13,16H2,1H3. The van der Waals surface area contributed by atoms with Gasteiger partial charge in [0, 0.05) is 24.8 Å². The van der Waals surface area contributed by atoms with Gasteiger partial charge in [0.25, 0.3) is 5.91 Å². The van der Waals surface area contributed by atoms with Crippen molar-refractivity contribution in [3.63, 3.8) is 0 Å². The Bertz CT molecular complexity index is 1010. The molecule has 0 fully saturated rings. The number of aromatic nitrogens is 2. The van der Waals surface area contributed by atoms with E-state index >= 15 is 0 Å². The zero-order chi connectivity index (χ0) is 20.2. The molecule has 1 atom stereocenters. The van der Waals surface area contributed by atoms with E-state index in [1.54, 1.807) is 28.9 Å². The lowest BCUT2D eigenvalue weighted by Gasteiger charge is -2.30. The highest BCUT2D eigenvalue weighted by Crippen LogP contribution is 2.19. The number of benzene rings is 2. The van der Waals surface area contributed by atoms with Crippen molar-refractivity contribution in [3.05, 3.63) is 83.7 Å². The molecule has 0 spiro atoms. The van der Waals surface area contributed by atoms with Gasteiger partial charge in [-0.1, -0.05) is 42.5 Å². The molecule has 1 aliphatic rings. The molecular formula is C23H23N3O3. The fourth-order valence-electron chi connectivity index (χ4n) is 3.57. The molecule has 1 unspecified atom stereocenters. The van der Waals surface area contributed by atoms with Crippen molar-refractivity contribution in [1.82, 2.24) is 14.7 Å². The number of carbonyl (C=O) groups is 2. The van der Waals surface area contributed by atoms with Crippen LogP contribution in [0.2, 0.25) is 0 Å². The van der Waals surface area contributed by atoms with Gasteiger partial charge in [0.15, 0.2) is 6.10 Å². The number of rotatable bonds is 5. The minimum absolute atomic E-state index is 0.0767. The van der Waals surface area contributed by atoms with Gasteiger partial charge in [0.1, 0.15) is 0 Å². The van der Waals surface area contributed by atoms with E-state index in [0.717, 1.165) is 23.2 Å². The SMILES string of the molecule is CC(OC(=O)Cc1cnn(-c2ccccc2)c1)C(=O)N1CCc2ccccc2C1. The molecule has 0 saturated heterocycles. The summed E-state index contributed by atoms with van der Waals surface area (Å²) in [7, 11) is 0. The lowest BCUT2D eigenvalue weighted by atomic mass is 9.99. The molecule has 0 bridgehead atoms. The highest BCUT2D eigenvalue weighted by molar-refractivity contribution is 5.84. The van der Waals surface area contributed by atoms with Gasteiger partial charge < -0.3 is 9.64 Å². The topological polar surface area (TPSA) is 64.4 Å². The van der Waals surface area contributed by atoms with E-state index in [2.05, 4.69) is 11.2 Å². The van der Waals surface area contributed by atoms with Crippen LogP contribution in [0.5, 0.6) is 0 Å². The highest BCUT2D eigenvalue weighted by Gasteiger charge is 2.27. The third-order valence-corrected chi connectivity index (χ3v) is 5.10. The van der Waals surface area contributed by atoms with E-state index in [4.69, 9.17) is 4.74 Å². The number of ether oxygens (including phenoxy) is 1. The first-order valence-corrected chi connectivity index (χ1v) is 9.74. The first-order valence-electron chi connectivity index (χ1n) is 9.74. The maximum absolute atomic E-state index is 12.7. The Morgan fingerprint density at radius 2 is 1.79 bits per heavy atom. The highest BCUT2D eigenvalue weighted by atomic mass is 16.5. The lowest BCUT2D eigenvalue weighted by Crippen LogP contribution is -2.42. The van der Waals surface area contributed by atoms with Crippen molar-refractivity contribution in [2.24, 2.45) is 0 Å². The quantitative estimate of drug-likeness (QED) is 0.630. The molecule has 6 heteroatoms. The molecular weight excluding hydrogens is 366 g/mol. The molecule has 0 aliphatic carbocycles. The fourth-order valence-corrected chi connectivity index (χ4v) is 3.57. The van der Waals surface area contributed by atoms with Gasteiger partial charge in [-0.3, -0.25) is 9.59 Å². The van der Waals surface area contributed by atoms with Gasteiger partial charge in [-0.25, -0.2) is 4.68 Å². The Hall–Kier alpha value is -3.41. The summed E-state index contributed by atoms with van der Waals surface area (Å²) in [6.07, 6.45) is 3.53. The van der Waals surface area contributed by atoms with Crippen LogP contribution in [0.15, 0.2) is 67.0 Å². The van der Waals surface area contributed by atoms with Gasteiger partial charge in [-0.15, -0.1) is 0 Å². The third-order valence-electron chi connectivity index (χ3n) is 5.10. The summed E-state index contributed by atoms with van der Waals surface area (Å²) in [6.45, 7) is 2.83. The number of hydrogen-bond acceptors (Lipinski definition) is 4. The van der Waals surface area contributed by atoms with Crippen LogP contribution < -0.4 is 0 Å². The van der Waals surface area contributed by atoms with Crippen molar-refractivity contribution >= 4 is 11.9 Å². The molecule has 1 aromatic heterocycles. The van der Waals surface area contributed by atoms with Crippen LogP contribution in [0.25, 0.3) is 5.69 Å². The summed E-state index contributed by atoms with van der Waals surface area (Å²) >= 11 is 0. The summed E-state index contributed by atoms with van der Waals surface area (Å²) in [4.78, 5) is 26.8. The summed E-state index contributed by atoms with van der Waals surface area (Å²) in [5.41, 5.74) is 4.09. The van der Waals surface area contributed by atoms with Gasteiger partial charge in [-0.2, -0.15) is 5.10 Å². The molecule has 29 heavy (non-hydrogen) atoms. The Morgan fingerprint density at radius 1 is 1.07 bits per heavy atom. The summed E-state index contributed by atoms with van der Waals surface area (Å²) in [6, 6.07) is 17.8. The van der Waals surface area contributed by atoms with Gasteiger partial charge in [0.05, 0.1) is 18.3 Å². The van der Waals surface area contributed by atoms with Crippen LogP contribution in [-0.2, 0) is 33.7 Å². The summed E-state index contributed by atoms with van der Waals surface area (Å²) in [5, 5.41) is 4.28. The molecule has 0 N–H and O–H groups in total. The number of nitrogens with zero attached hydrogens (tertiary/aromatic N) is 3. The lowest BCUT2D eigenvalue weighted by molar-refractivity contribution is -0.159. The van der Waals surface area contributed by atoms with Crippen LogP contribution in [0.1, 0.15) is 23.6 Å². The van der Waals surface area contributed by atoms with Crippen LogP contribution in [0, 0.1) is 0 Å². The van der Waals surface area contributed by atoms with Crippen LogP contribution in [-0.4, -0.2) is 39.2 Å². The van der Waals surface area contributed by atoms with E-state index in [-0.39, 0.29) is 12.3 Å². The maximum atomic E-state index is 12.7. The molecule has 1 aliphatic heterocycles. The zero-order valence-electron chi connectivity index (χ0n) is 16.3. The van der Waals surface area contributed by atoms with E-state index < -0.39 is 12.1 Å². The number of amides is 1. The van der Waals surface area contributed by atoms with Crippen molar-refractivity contribution in [2.45, 2.75) is 32.4 Å². The largest absolute Gasteiger partial charge is 0.452 e. The predicted molar refractivity (Wildman–Crippen MR) is 108 cm³/mol. The second-order valence-electron chi connectivity index (χ2n) is 7.22. The number of para-hydroxylation sites is 1. The van der Waals surface area contributed by atoms with Gasteiger partial charge >= 0.3 is 5.97 Å². The number of fused-ring (bicyclic) bond motifs is 1. The van der Waals surface area contributed by atoms with E-state index in [0.29, 0.717) is 13.1 Å². The number of carbonyl (C=O) groups excluding carboxylic acids is 2. The smallest absolute Gasteiger partial charge is 0.311 e. The van der Waals surface area contributed by atoms with E-state index in [1.807, 2.05) is 48.5 Å². The van der Waals surface area contributed by atoms with Gasteiger partial charge in [0.2, 0.25) is 0 Å². The molecule has 1 amide bonds. The van der Waals surface area contributed by atoms with Crippen LogP contribution >= 0.6 is 0 Å². The second kappa shape index (κ2) is 8.31. The third kappa shape index (κ3) is 4.37. The molecule has 3 aromatic rings. The van der Waals surface area contributed by atoms with Gasteiger partial charge in [-0.05, 0) is 36.6 Å². The number of esters is 1. The minimum Gasteiger partial charge on any atom is -0.452 e. The first kappa shape index (κ1) is 18.9. The fraction of sp³-hybridized carbons (Fsp3) is 0.261. The Balaban J connectivity index is 1.33. The Kier molecular flexibility index (Phi) is 5.42. The van der Waals surface area contributed by atoms with Crippen molar-refractivity contribution in [3.8, 4) is 5.69 Å². The predicted octanol–water partition coefficient (Wildman–Crippen LogP) is 2.93. The Labute approximate surface area is 169 Å².